The topological polar surface area (TPSA) is 153 Å². The third kappa shape index (κ3) is 8.13. The van der Waals surface area contributed by atoms with Crippen LogP contribution in [0.2, 0.25) is 0 Å². The van der Waals surface area contributed by atoms with Crippen LogP contribution in [-0.2, 0) is 14.4 Å². The van der Waals surface area contributed by atoms with Gasteiger partial charge in [-0.1, -0.05) is 0 Å². The van der Waals surface area contributed by atoms with Gasteiger partial charge in [-0.2, -0.15) is 0 Å². The average Bonchev–Trinajstić information content (AvgIpc) is 2.14. The lowest BCUT2D eigenvalue weighted by Crippen LogP contribution is -2.52. The number of nitrogens with zero attached hydrogens (tertiary/aromatic N) is 1. The highest BCUT2D eigenvalue weighted by atomic mass is 16.4. The number of carboxylic acids is 3. The monoisotopic (exact) mass is 249 g/mol. The van der Waals surface area contributed by atoms with E-state index in [1.165, 1.54) is 0 Å². The van der Waals surface area contributed by atoms with Crippen molar-refractivity contribution in [2.45, 2.75) is 6.17 Å². The Morgan fingerprint density at radius 1 is 1.06 bits per heavy atom. The van der Waals surface area contributed by atoms with Gasteiger partial charge in [-0.25, -0.2) is 0 Å². The van der Waals surface area contributed by atoms with Crippen LogP contribution in [0.3, 0.4) is 0 Å². The molecule has 9 heteroatoms. The second-order valence-corrected chi connectivity index (χ2v) is 3.28. The molecule has 0 aliphatic heterocycles. The van der Waals surface area contributed by atoms with E-state index in [1.807, 2.05) is 0 Å². The maximum Gasteiger partial charge on any atom is 0.317 e. The normalized spacial score (nSPS) is 12.4. The van der Waals surface area contributed by atoms with E-state index in [0.717, 1.165) is 4.90 Å². The van der Waals surface area contributed by atoms with Gasteiger partial charge in [0.05, 0.1) is 25.8 Å². The maximum absolute atomic E-state index is 10.5. The van der Waals surface area contributed by atoms with E-state index in [2.05, 4.69) is 5.32 Å². The first-order valence-electron chi connectivity index (χ1n) is 4.68. The predicted molar refractivity (Wildman–Crippen MR) is 55.3 cm³/mol. The summed E-state index contributed by atoms with van der Waals surface area (Å²) in [5.74, 6) is -3.50. The molecule has 0 aromatic carbocycles. The Morgan fingerprint density at radius 3 is 1.88 bits per heavy atom. The van der Waals surface area contributed by atoms with Crippen molar-refractivity contribution in [1.82, 2.24) is 10.2 Å². The molecule has 0 amide bonds. The van der Waals surface area contributed by atoms with E-state index in [0.29, 0.717) is 0 Å². The standard InChI is InChI=1S/C8H15N3O6/c9-5(1-10-2-6(12)13)11(3-7(14)15)4-8(16)17/h5,10H,1-4,9H2,(H,12,13)(H,14,15)(H,16,17). The van der Waals surface area contributed by atoms with E-state index >= 15 is 0 Å². The van der Waals surface area contributed by atoms with Gasteiger partial charge in [0.15, 0.2) is 0 Å². The first kappa shape index (κ1) is 15.3. The summed E-state index contributed by atoms with van der Waals surface area (Å²) in [6.07, 6.45) is -0.887. The number of hydrogen-bond acceptors (Lipinski definition) is 6. The fraction of sp³-hybridized carbons (Fsp3) is 0.625. The van der Waals surface area contributed by atoms with Crippen LogP contribution in [-0.4, -0.2) is 70.5 Å². The van der Waals surface area contributed by atoms with Gasteiger partial charge in [-0.05, 0) is 0 Å². The molecule has 0 saturated carbocycles. The summed E-state index contributed by atoms with van der Waals surface area (Å²) in [5, 5.41) is 27.9. The van der Waals surface area contributed by atoms with Crippen molar-refractivity contribution in [3.8, 4) is 0 Å². The minimum Gasteiger partial charge on any atom is -0.480 e. The molecular formula is C8H15N3O6. The number of rotatable bonds is 9. The number of nitrogens with two attached hydrogens (primary N) is 1. The zero-order valence-corrected chi connectivity index (χ0v) is 9.00. The third-order valence-electron chi connectivity index (χ3n) is 1.78. The van der Waals surface area contributed by atoms with E-state index in [-0.39, 0.29) is 13.1 Å². The smallest absolute Gasteiger partial charge is 0.317 e. The lowest BCUT2D eigenvalue weighted by molar-refractivity contribution is -0.143. The summed E-state index contributed by atoms with van der Waals surface area (Å²) >= 11 is 0. The van der Waals surface area contributed by atoms with Crippen LogP contribution < -0.4 is 11.1 Å². The first-order valence-corrected chi connectivity index (χ1v) is 4.68. The molecule has 0 fully saturated rings. The fourth-order valence-corrected chi connectivity index (χ4v) is 1.09. The molecule has 0 aromatic heterocycles. The van der Waals surface area contributed by atoms with Crippen LogP contribution in [0.4, 0.5) is 0 Å². The van der Waals surface area contributed by atoms with Crippen LogP contribution in [0.5, 0.6) is 0 Å². The first-order chi connectivity index (χ1) is 7.82. The van der Waals surface area contributed by atoms with Crippen molar-refractivity contribution in [3.05, 3.63) is 0 Å². The molecule has 0 spiro atoms. The molecule has 0 aliphatic carbocycles. The molecule has 0 heterocycles. The predicted octanol–water partition coefficient (Wildman–Crippen LogP) is -2.58. The van der Waals surface area contributed by atoms with Crippen molar-refractivity contribution in [2.24, 2.45) is 5.73 Å². The number of hydrogen-bond donors (Lipinski definition) is 5. The van der Waals surface area contributed by atoms with Crippen molar-refractivity contribution in [1.29, 1.82) is 0 Å². The van der Waals surface area contributed by atoms with Crippen molar-refractivity contribution < 1.29 is 29.7 Å². The largest absolute Gasteiger partial charge is 0.480 e. The van der Waals surface area contributed by atoms with Crippen LogP contribution in [0, 0.1) is 0 Å². The Bertz CT molecular complexity index is 279. The Morgan fingerprint density at radius 2 is 1.53 bits per heavy atom. The summed E-state index contributed by atoms with van der Waals surface area (Å²) in [6.45, 7) is -1.40. The minimum atomic E-state index is -1.21. The van der Waals surface area contributed by atoms with Gasteiger partial charge in [0.1, 0.15) is 0 Å². The van der Waals surface area contributed by atoms with Crippen LogP contribution in [0.1, 0.15) is 0 Å². The average molecular weight is 249 g/mol. The number of carboxylic acid groups (broad SMARTS) is 3. The van der Waals surface area contributed by atoms with E-state index in [9.17, 15) is 14.4 Å². The second-order valence-electron chi connectivity index (χ2n) is 3.28. The van der Waals surface area contributed by atoms with Gasteiger partial charge in [0.2, 0.25) is 0 Å². The highest BCUT2D eigenvalue weighted by Crippen LogP contribution is 1.93. The quantitative estimate of drug-likeness (QED) is 0.277. The summed E-state index contributed by atoms with van der Waals surface area (Å²) in [7, 11) is 0. The van der Waals surface area contributed by atoms with Gasteiger partial charge >= 0.3 is 17.9 Å². The molecular weight excluding hydrogens is 234 g/mol. The van der Waals surface area contributed by atoms with Crippen molar-refractivity contribution in [3.63, 3.8) is 0 Å². The lowest BCUT2D eigenvalue weighted by Gasteiger charge is -2.25. The van der Waals surface area contributed by atoms with Gasteiger partial charge in [0, 0.05) is 6.54 Å². The number of carbonyl (C=O) groups is 3. The van der Waals surface area contributed by atoms with Crippen molar-refractivity contribution >= 4 is 17.9 Å². The molecule has 0 radical (unpaired) electrons. The number of nitrogens with one attached hydrogen (secondary N) is 1. The Hall–Kier alpha value is -1.71. The molecule has 0 aliphatic rings. The molecule has 0 saturated heterocycles. The zero-order chi connectivity index (χ0) is 13.4. The Labute approximate surface area is 96.8 Å². The van der Waals surface area contributed by atoms with Crippen LogP contribution in [0.15, 0.2) is 0 Å². The van der Waals surface area contributed by atoms with Gasteiger partial charge < -0.3 is 26.4 Å². The molecule has 0 rings (SSSR count). The SMILES string of the molecule is NC(CNCC(=O)O)N(CC(=O)O)CC(=O)O. The molecule has 1 unspecified atom stereocenters. The van der Waals surface area contributed by atoms with E-state index in [4.69, 9.17) is 21.1 Å². The molecule has 6 N–H and O–H groups in total. The molecule has 1 atom stereocenters. The molecule has 0 bridgehead atoms. The summed E-state index contributed by atoms with van der Waals surface area (Å²) in [6, 6.07) is 0. The molecule has 98 valence electrons. The van der Waals surface area contributed by atoms with Gasteiger partial charge in [0.25, 0.3) is 0 Å². The summed E-state index contributed by atoms with van der Waals surface area (Å²) in [4.78, 5) is 32.2. The Kier molecular flexibility index (Phi) is 6.79. The highest BCUT2D eigenvalue weighted by molar-refractivity contribution is 5.72. The fourth-order valence-electron chi connectivity index (χ4n) is 1.09. The van der Waals surface area contributed by atoms with E-state index < -0.39 is 37.2 Å². The third-order valence-corrected chi connectivity index (χ3v) is 1.78. The minimum absolute atomic E-state index is 0.0210. The summed E-state index contributed by atoms with van der Waals surface area (Å²) in [5.41, 5.74) is 5.54. The van der Waals surface area contributed by atoms with Crippen molar-refractivity contribution in [2.75, 3.05) is 26.2 Å². The van der Waals surface area contributed by atoms with Gasteiger partial charge in [-0.15, -0.1) is 0 Å². The number of aliphatic carboxylic acids is 3. The van der Waals surface area contributed by atoms with Crippen LogP contribution in [0.25, 0.3) is 0 Å². The molecule has 17 heavy (non-hydrogen) atoms. The molecule has 0 aromatic rings. The second kappa shape index (κ2) is 7.54. The Balaban J connectivity index is 4.20. The highest BCUT2D eigenvalue weighted by Gasteiger charge is 2.19. The van der Waals surface area contributed by atoms with Gasteiger partial charge in [-0.3, -0.25) is 19.3 Å². The maximum atomic E-state index is 10.5. The summed E-state index contributed by atoms with van der Waals surface area (Å²) < 4.78 is 0. The lowest BCUT2D eigenvalue weighted by atomic mass is 10.3. The van der Waals surface area contributed by atoms with E-state index in [1.54, 1.807) is 0 Å². The zero-order valence-electron chi connectivity index (χ0n) is 9.00. The van der Waals surface area contributed by atoms with Crippen LogP contribution >= 0.6 is 0 Å². The molecule has 9 nitrogen and oxygen atoms in total.